The molecule has 0 spiro atoms. The van der Waals surface area contributed by atoms with Crippen LogP contribution in [0.1, 0.15) is 46.6 Å². The lowest BCUT2D eigenvalue weighted by atomic mass is 9.68. The lowest BCUT2D eigenvalue weighted by molar-refractivity contribution is -0.146. The number of aryl methyl sites for hydroxylation is 2. The number of ketones is 1. The summed E-state index contributed by atoms with van der Waals surface area (Å²) in [6, 6.07) is 8.77. The second kappa shape index (κ2) is 9.67. The highest BCUT2D eigenvalue weighted by Gasteiger charge is 2.60. The van der Waals surface area contributed by atoms with E-state index in [0.29, 0.717) is 0 Å². The fourth-order valence-electron chi connectivity index (χ4n) is 4.75. The summed E-state index contributed by atoms with van der Waals surface area (Å²) >= 11 is 2.97. The number of nitrogens with one attached hydrogen (secondary N) is 1. The van der Waals surface area contributed by atoms with Crippen LogP contribution in [0.15, 0.2) is 47.4 Å². The van der Waals surface area contributed by atoms with Crippen LogP contribution in [0.2, 0.25) is 0 Å². The summed E-state index contributed by atoms with van der Waals surface area (Å²) in [7, 11) is 0. The van der Waals surface area contributed by atoms with Gasteiger partial charge in [0.05, 0.1) is 34.9 Å². The summed E-state index contributed by atoms with van der Waals surface area (Å²) in [5.74, 6) is -0.935. The first-order chi connectivity index (χ1) is 15.9. The molecule has 2 aromatic heterocycles. The number of rotatable bonds is 7. The van der Waals surface area contributed by atoms with Crippen LogP contribution in [-0.2, 0) is 19.7 Å². The quantitative estimate of drug-likeness (QED) is 0.391. The van der Waals surface area contributed by atoms with Gasteiger partial charge in [0.1, 0.15) is 6.04 Å². The maximum atomic E-state index is 13.9. The molecule has 1 fully saturated rings. The molecular formula is C25H27N3O3S2. The van der Waals surface area contributed by atoms with Gasteiger partial charge in [0.15, 0.2) is 5.78 Å². The van der Waals surface area contributed by atoms with Gasteiger partial charge in [-0.15, -0.1) is 22.7 Å². The van der Waals surface area contributed by atoms with Gasteiger partial charge in [-0.3, -0.25) is 14.9 Å². The number of hydrogen-bond donors (Lipinski definition) is 1. The number of allylic oxidation sites excluding steroid dienone is 1. The second-order valence-electron chi connectivity index (χ2n) is 8.31. The Morgan fingerprint density at radius 2 is 1.82 bits per heavy atom. The molecule has 0 saturated carbocycles. The first kappa shape index (κ1) is 23.5. The Labute approximate surface area is 201 Å². The molecule has 8 heteroatoms. The molecule has 0 radical (unpaired) electrons. The van der Waals surface area contributed by atoms with Crippen LogP contribution >= 0.6 is 22.7 Å². The van der Waals surface area contributed by atoms with Crippen molar-refractivity contribution in [3.05, 3.63) is 74.1 Å². The van der Waals surface area contributed by atoms with Crippen LogP contribution in [0.25, 0.3) is 6.08 Å². The minimum Gasteiger partial charge on any atom is -0.465 e. The lowest BCUT2D eigenvalue weighted by Gasteiger charge is -2.34. The molecule has 1 aliphatic heterocycles. The maximum absolute atomic E-state index is 13.9. The molecule has 3 aromatic rings. The van der Waals surface area contributed by atoms with Gasteiger partial charge in [-0.2, -0.15) is 0 Å². The SMILES string of the molecule is CCOC(=O)[C@H]1N[C@@H](c2ccccc2)[C@@H](C(=O)/C=C/c2scnc2C)[C@]1(C)c1scnc1C. The van der Waals surface area contributed by atoms with Crippen LogP contribution in [0.4, 0.5) is 0 Å². The van der Waals surface area contributed by atoms with E-state index in [-0.39, 0.29) is 24.4 Å². The molecule has 0 aliphatic carbocycles. The van der Waals surface area contributed by atoms with Crippen molar-refractivity contribution in [2.24, 2.45) is 5.92 Å². The predicted octanol–water partition coefficient (Wildman–Crippen LogP) is 4.65. The third-order valence-electron chi connectivity index (χ3n) is 6.33. The summed E-state index contributed by atoms with van der Waals surface area (Å²) in [5.41, 5.74) is 5.38. The Kier molecular flexibility index (Phi) is 6.88. The first-order valence-electron chi connectivity index (χ1n) is 10.9. The Hall–Kier alpha value is -2.68. The van der Waals surface area contributed by atoms with Gasteiger partial charge in [-0.1, -0.05) is 37.3 Å². The minimum atomic E-state index is -0.831. The van der Waals surface area contributed by atoms with Crippen molar-refractivity contribution in [2.75, 3.05) is 6.61 Å². The van der Waals surface area contributed by atoms with E-state index in [1.165, 1.54) is 22.7 Å². The molecule has 3 heterocycles. The fraction of sp³-hybridized carbons (Fsp3) is 0.360. The predicted molar refractivity (Wildman–Crippen MR) is 131 cm³/mol. The number of hydrogen-bond acceptors (Lipinski definition) is 8. The highest BCUT2D eigenvalue weighted by Crippen LogP contribution is 2.51. The summed E-state index contributed by atoms with van der Waals surface area (Å²) in [5, 5.41) is 3.47. The van der Waals surface area contributed by atoms with Gasteiger partial charge in [0.25, 0.3) is 0 Å². The van der Waals surface area contributed by atoms with Crippen molar-refractivity contribution in [1.82, 2.24) is 15.3 Å². The smallest absolute Gasteiger partial charge is 0.324 e. The van der Waals surface area contributed by atoms with Gasteiger partial charge in [-0.25, -0.2) is 9.97 Å². The van der Waals surface area contributed by atoms with Crippen molar-refractivity contribution < 1.29 is 14.3 Å². The molecule has 4 rings (SSSR count). The molecule has 0 bridgehead atoms. The molecule has 4 atom stereocenters. The molecular weight excluding hydrogens is 454 g/mol. The van der Waals surface area contributed by atoms with Crippen LogP contribution in [0.3, 0.4) is 0 Å². The Bertz CT molecular complexity index is 1170. The van der Waals surface area contributed by atoms with Crippen molar-refractivity contribution >= 4 is 40.5 Å². The van der Waals surface area contributed by atoms with E-state index in [2.05, 4.69) is 15.3 Å². The topological polar surface area (TPSA) is 81.2 Å². The molecule has 172 valence electrons. The monoisotopic (exact) mass is 481 g/mol. The van der Waals surface area contributed by atoms with Crippen molar-refractivity contribution in [2.45, 2.75) is 45.2 Å². The zero-order valence-electron chi connectivity index (χ0n) is 19.1. The summed E-state index contributed by atoms with van der Waals surface area (Å²) in [4.78, 5) is 37.6. The Morgan fingerprint density at radius 1 is 1.12 bits per heavy atom. The van der Waals surface area contributed by atoms with Gasteiger partial charge in [0.2, 0.25) is 0 Å². The number of benzene rings is 1. The van der Waals surface area contributed by atoms with E-state index in [1.54, 1.807) is 24.0 Å². The van der Waals surface area contributed by atoms with E-state index in [4.69, 9.17) is 4.74 Å². The van der Waals surface area contributed by atoms with E-state index in [0.717, 1.165) is 26.7 Å². The van der Waals surface area contributed by atoms with Crippen LogP contribution in [0.5, 0.6) is 0 Å². The number of carbonyl (C=O) groups excluding carboxylic acids is 2. The average molecular weight is 482 g/mol. The largest absolute Gasteiger partial charge is 0.465 e. The van der Waals surface area contributed by atoms with E-state index in [9.17, 15) is 9.59 Å². The molecule has 1 N–H and O–H groups in total. The Balaban J connectivity index is 1.85. The van der Waals surface area contributed by atoms with Gasteiger partial charge in [-0.05, 0) is 38.5 Å². The summed E-state index contributed by atoms with van der Waals surface area (Å²) in [6.45, 7) is 7.90. The molecule has 0 unspecified atom stereocenters. The molecule has 0 amide bonds. The van der Waals surface area contributed by atoms with Crippen LogP contribution in [0, 0.1) is 19.8 Å². The molecule has 1 aliphatic rings. The number of carbonyl (C=O) groups is 2. The Morgan fingerprint density at radius 3 is 2.42 bits per heavy atom. The van der Waals surface area contributed by atoms with Crippen molar-refractivity contribution in [3.8, 4) is 0 Å². The summed E-state index contributed by atoms with van der Waals surface area (Å²) < 4.78 is 5.45. The summed E-state index contributed by atoms with van der Waals surface area (Å²) in [6.07, 6.45) is 3.46. The highest BCUT2D eigenvalue weighted by molar-refractivity contribution is 7.10. The van der Waals surface area contributed by atoms with Crippen LogP contribution in [-0.4, -0.2) is 34.4 Å². The number of aromatic nitrogens is 2. The zero-order valence-corrected chi connectivity index (χ0v) is 20.7. The standard InChI is InChI=1S/C25H27N3O3S2/c1-5-31-24(30)22-25(4,23-16(3)27-14-33-23)20(21(28-22)17-9-7-6-8-10-17)18(29)11-12-19-15(2)26-13-32-19/h6-14,20-22,28H,5H2,1-4H3/b12-11+/t20-,21+,22-,25+/m1/s1. The zero-order chi connectivity index (χ0) is 23.6. The van der Waals surface area contributed by atoms with Crippen LogP contribution < -0.4 is 5.32 Å². The minimum absolute atomic E-state index is 0.0498. The average Bonchev–Trinajstić information content (AvgIpc) is 3.50. The van der Waals surface area contributed by atoms with Gasteiger partial charge >= 0.3 is 5.97 Å². The van der Waals surface area contributed by atoms with Crippen molar-refractivity contribution in [1.29, 1.82) is 0 Å². The normalized spacial score (nSPS) is 24.9. The fourth-order valence-corrected chi connectivity index (χ4v) is 6.48. The second-order valence-corrected chi connectivity index (χ2v) is 10.0. The van der Waals surface area contributed by atoms with Crippen molar-refractivity contribution in [3.63, 3.8) is 0 Å². The third kappa shape index (κ3) is 4.30. The highest BCUT2D eigenvalue weighted by atomic mass is 32.1. The number of esters is 1. The molecule has 1 saturated heterocycles. The molecule has 33 heavy (non-hydrogen) atoms. The number of thiazole rings is 2. The van der Waals surface area contributed by atoms with Gasteiger partial charge < -0.3 is 4.74 Å². The maximum Gasteiger partial charge on any atom is 0.324 e. The number of ether oxygens (including phenoxy) is 1. The third-order valence-corrected chi connectivity index (χ3v) is 8.41. The molecule has 6 nitrogen and oxygen atoms in total. The van der Waals surface area contributed by atoms with Gasteiger partial charge in [0, 0.05) is 21.2 Å². The molecule has 1 aromatic carbocycles. The van der Waals surface area contributed by atoms with E-state index >= 15 is 0 Å². The lowest BCUT2D eigenvalue weighted by Crippen LogP contribution is -2.48. The van der Waals surface area contributed by atoms with E-state index in [1.807, 2.05) is 57.2 Å². The first-order valence-corrected chi connectivity index (χ1v) is 12.6. The number of nitrogens with zero attached hydrogens (tertiary/aromatic N) is 2. The van der Waals surface area contributed by atoms with E-state index < -0.39 is 17.4 Å².